The van der Waals surface area contributed by atoms with Crippen molar-refractivity contribution < 1.29 is 8.78 Å². The fraction of sp³-hybridized carbons (Fsp3) is 0.308. The SMILES string of the molecule is Cc1c(C(Cc2ccc(F)c(F)c2)NN)cnn1C. The van der Waals surface area contributed by atoms with E-state index in [1.54, 1.807) is 16.9 Å². The molecule has 1 atom stereocenters. The summed E-state index contributed by atoms with van der Waals surface area (Å²) in [5.41, 5.74) is 5.27. The van der Waals surface area contributed by atoms with Gasteiger partial charge in [-0.15, -0.1) is 0 Å². The Morgan fingerprint density at radius 2 is 2.11 bits per heavy atom. The molecule has 4 nitrogen and oxygen atoms in total. The Morgan fingerprint density at radius 1 is 1.37 bits per heavy atom. The summed E-state index contributed by atoms with van der Waals surface area (Å²) in [6.45, 7) is 1.93. The van der Waals surface area contributed by atoms with Gasteiger partial charge in [0, 0.05) is 18.3 Å². The van der Waals surface area contributed by atoms with Crippen LogP contribution < -0.4 is 11.3 Å². The van der Waals surface area contributed by atoms with Crippen LogP contribution in [-0.4, -0.2) is 9.78 Å². The molecule has 0 saturated carbocycles. The number of hydrogen-bond acceptors (Lipinski definition) is 3. The monoisotopic (exact) mass is 266 g/mol. The van der Waals surface area contributed by atoms with E-state index < -0.39 is 11.6 Å². The molecule has 0 aliphatic carbocycles. The van der Waals surface area contributed by atoms with Crippen LogP contribution in [0.1, 0.15) is 22.9 Å². The number of halogens is 2. The second-order valence-electron chi connectivity index (χ2n) is 4.48. The van der Waals surface area contributed by atoms with Gasteiger partial charge in [0.1, 0.15) is 0 Å². The summed E-state index contributed by atoms with van der Waals surface area (Å²) in [7, 11) is 1.84. The van der Waals surface area contributed by atoms with Crippen molar-refractivity contribution in [1.82, 2.24) is 15.2 Å². The number of aryl methyl sites for hydroxylation is 1. The summed E-state index contributed by atoms with van der Waals surface area (Å²) in [6.07, 6.45) is 2.18. The lowest BCUT2D eigenvalue weighted by atomic mass is 10.00. The summed E-state index contributed by atoms with van der Waals surface area (Å²) in [6, 6.07) is 3.66. The Bertz CT molecular complexity index is 580. The summed E-state index contributed by atoms with van der Waals surface area (Å²) in [5.74, 6) is 3.84. The van der Waals surface area contributed by atoms with Crippen molar-refractivity contribution in [1.29, 1.82) is 0 Å². The van der Waals surface area contributed by atoms with Crippen molar-refractivity contribution in [3.05, 3.63) is 52.9 Å². The normalized spacial score (nSPS) is 12.7. The zero-order valence-corrected chi connectivity index (χ0v) is 10.8. The average molecular weight is 266 g/mol. The van der Waals surface area contributed by atoms with Crippen LogP contribution in [0.4, 0.5) is 8.78 Å². The molecule has 19 heavy (non-hydrogen) atoms. The van der Waals surface area contributed by atoms with Gasteiger partial charge in [0.2, 0.25) is 0 Å². The molecule has 6 heteroatoms. The van der Waals surface area contributed by atoms with E-state index in [-0.39, 0.29) is 6.04 Å². The fourth-order valence-corrected chi connectivity index (χ4v) is 2.02. The van der Waals surface area contributed by atoms with E-state index in [1.165, 1.54) is 6.07 Å². The maximum absolute atomic E-state index is 13.2. The number of nitrogens with one attached hydrogen (secondary N) is 1. The lowest BCUT2D eigenvalue weighted by molar-refractivity contribution is 0.502. The van der Waals surface area contributed by atoms with Gasteiger partial charge in [0.15, 0.2) is 11.6 Å². The molecule has 1 aromatic heterocycles. The maximum Gasteiger partial charge on any atom is 0.159 e. The van der Waals surface area contributed by atoms with E-state index >= 15 is 0 Å². The van der Waals surface area contributed by atoms with Gasteiger partial charge in [-0.1, -0.05) is 6.07 Å². The molecule has 1 heterocycles. The molecule has 2 aromatic rings. The van der Waals surface area contributed by atoms with Crippen molar-refractivity contribution in [2.45, 2.75) is 19.4 Å². The predicted octanol–water partition coefficient (Wildman–Crippen LogP) is 1.75. The summed E-state index contributed by atoms with van der Waals surface area (Å²) < 4.78 is 27.8. The van der Waals surface area contributed by atoms with Gasteiger partial charge in [0.05, 0.1) is 12.2 Å². The van der Waals surface area contributed by atoms with Crippen molar-refractivity contribution in [3.63, 3.8) is 0 Å². The Hall–Kier alpha value is -1.79. The summed E-state index contributed by atoms with van der Waals surface area (Å²) in [5, 5.41) is 4.15. The lowest BCUT2D eigenvalue weighted by Gasteiger charge is -2.16. The van der Waals surface area contributed by atoms with Gasteiger partial charge < -0.3 is 0 Å². The highest BCUT2D eigenvalue weighted by molar-refractivity contribution is 5.25. The number of benzene rings is 1. The minimum atomic E-state index is -0.851. The molecule has 1 aromatic carbocycles. The minimum Gasteiger partial charge on any atom is -0.273 e. The van der Waals surface area contributed by atoms with Gasteiger partial charge in [-0.3, -0.25) is 16.0 Å². The second kappa shape index (κ2) is 5.46. The summed E-state index contributed by atoms with van der Waals surface area (Å²) >= 11 is 0. The molecule has 0 fully saturated rings. The van der Waals surface area contributed by atoms with Crippen LogP contribution in [0.2, 0.25) is 0 Å². The van der Waals surface area contributed by atoms with Crippen LogP contribution in [0, 0.1) is 18.6 Å². The van der Waals surface area contributed by atoms with Crippen molar-refractivity contribution in [3.8, 4) is 0 Å². The lowest BCUT2D eigenvalue weighted by Crippen LogP contribution is -2.30. The summed E-state index contributed by atoms with van der Waals surface area (Å²) in [4.78, 5) is 0. The van der Waals surface area contributed by atoms with Crippen LogP contribution in [0.25, 0.3) is 0 Å². The number of hydrazine groups is 1. The molecule has 102 valence electrons. The smallest absolute Gasteiger partial charge is 0.159 e. The highest BCUT2D eigenvalue weighted by Crippen LogP contribution is 2.21. The maximum atomic E-state index is 13.2. The number of aromatic nitrogens is 2. The molecule has 0 amide bonds. The highest BCUT2D eigenvalue weighted by atomic mass is 19.2. The molecule has 0 aliphatic heterocycles. The third-order valence-corrected chi connectivity index (χ3v) is 3.27. The quantitative estimate of drug-likeness (QED) is 0.655. The third-order valence-electron chi connectivity index (χ3n) is 3.27. The molecule has 0 aliphatic rings. The van der Waals surface area contributed by atoms with Gasteiger partial charge in [-0.2, -0.15) is 5.10 Å². The number of nitrogens with two attached hydrogens (primary N) is 1. The molecule has 1 unspecified atom stereocenters. The first kappa shape index (κ1) is 13.6. The van der Waals surface area contributed by atoms with Crippen LogP contribution in [0.5, 0.6) is 0 Å². The van der Waals surface area contributed by atoms with Gasteiger partial charge in [-0.25, -0.2) is 8.78 Å². The zero-order chi connectivity index (χ0) is 14.0. The van der Waals surface area contributed by atoms with Crippen LogP contribution in [0.15, 0.2) is 24.4 Å². The molecule has 0 radical (unpaired) electrons. The average Bonchev–Trinajstić information content (AvgIpc) is 2.72. The van der Waals surface area contributed by atoms with Gasteiger partial charge >= 0.3 is 0 Å². The molecule has 0 bridgehead atoms. The molecule has 3 N–H and O–H groups in total. The van der Waals surface area contributed by atoms with Crippen LogP contribution in [0.3, 0.4) is 0 Å². The number of nitrogens with zero attached hydrogens (tertiary/aromatic N) is 2. The number of rotatable bonds is 4. The van der Waals surface area contributed by atoms with Gasteiger partial charge in [-0.05, 0) is 31.0 Å². The first-order chi connectivity index (χ1) is 9.02. The van der Waals surface area contributed by atoms with E-state index in [2.05, 4.69) is 10.5 Å². The Morgan fingerprint density at radius 3 is 2.63 bits per heavy atom. The fourth-order valence-electron chi connectivity index (χ4n) is 2.02. The molecule has 0 spiro atoms. The van der Waals surface area contributed by atoms with Crippen LogP contribution >= 0.6 is 0 Å². The second-order valence-corrected chi connectivity index (χ2v) is 4.48. The van der Waals surface area contributed by atoms with E-state index in [9.17, 15) is 8.78 Å². The Labute approximate surface area is 110 Å². The predicted molar refractivity (Wildman–Crippen MR) is 68.1 cm³/mol. The topological polar surface area (TPSA) is 55.9 Å². The molecule has 0 saturated heterocycles. The van der Waals surface area contributed by atoms with Crippen LogP contribution in [-0.2, 0) is 13.5 Å². The third kappa shape index (κ3) is 2.80. The minimum absolute atomic E-state index is 0.196. The van der Waals surface area contributed by atoms with E-state index in [1.807, 2.05) is 14.0 Å². The van der Waals surface area contributed by atoms with Crippen molar-refractivity contribution >= 4 is 0 Å². The van der Waals surface area contributed by atoms with E-state index in [4.69, 9.17) is 5.84 Å². The molecule has 2 rings (SSSR count). The van der Waals surface area contributed by atoms with E-state index in [0.717, 1.165) is 17.3 Å². The molecular weight excluding hydrogens is 250 g/mol. The first-order valence-electron chi connectivity index (χ1n) is 5.91. The number of hydrogen-bond donors (Lipinski definition) is 2. The van der Waals surface area contributed by atoms with Crippen molar-refractivity contribution in [2.24, 2.45) is 12.9 Å². The Balaban J connectivity index is 2.24. The molecular formula is C13H16F2N4. The highest BCUT2D eigenvalue weighted by Gasteiger charge is 2.16. The Kier molecular flexibility index (Phi) is 3.92. The zero-order valence-electron chi connectivity index (χ0n) is 10.8. The van der Waals surface area contributed by atoms with Gasteiger partial charge in [0.25, 0.3) is 0 Å². The van der Waals surface area contributed by atoms with E-state index in [0.29, 0.717) is 12.0 Å². The standard InChI is InChI=1S/C13H16F2N4/c1-8-10(7-17-19(8)2)13(18-16)6-9-3-4-11(14)12(15)5-9/h3-5,7,13,18H,6,16H2,1-2H3. The largest absolute Gasteiger partial charge is 0.273 e. The van der Waals surface area contributed by atoms with Crippen molar-refractivity contribution in [2.75, 3.05) is 0 Å². The first-order valence-corrected chi connectivity index (χ1v) is 5.91.